The lowest BCUT2D eigenvalue weighted by Crippen LogP contribution is -2.51. The summed E-state index contributed by atoms with van der Waals surface area (Å²) in [6, 6.07) is -0.479. The fourth-order valence-electron chi connectivity index (χ4n) is 2.80. The van der Waals surface area contributed by atoms with E-state index >= 15 is 0 Å². The molecule has 2 fully saturated rings. The van der Waals surface area contributed by atoms with Gasteiger partial charge in [0.25, 0.3) is 0 Å². The summed E-state index contributed by atoms with van der Waals surface area (Å²) in [5, 5.41) is 2.73. The summed E-state index contributed by atoms with van der Waals surface area (Å²) < 4.78 is 27.8. The molecule has 2 N–H and O–H groups in total. The number of amides is 2. The molecule has 0 unspecified atom stereocenters. The smallest absolute Gasteiger partial charge is 0.329 e. The predicted molar refractivity (Wildman–Crippen MR) is 77.4 cm³/mol. The predicted octanol–water partition coefficient (Wildman–Crippen LogP) is 1.59. The Balaban J connectivity index is 1.85. The van der Waals surface area contributed by atoms with Crippen LogP contribution in [0.5, 0.6) is 0 Å². The van der Waals surface area contributed by atoms with Crippen molar-refractivity contribution in [2.45, 2.75) is 58.4 Å². The highest BCUT2D eigenvalue weighted by Crippen LogP contribution is 2.30. The molecule has 0 aromatic heterocycles. The Labute approximate surface area is 121 Å². The van der Waals surface area contributed by atoms with Gasteiger partial charge in [0.1, 0.15) is 0 Å². The van der Waals surface area contributed by atoms with E-state index in [1.54, 1.807) is 0 Å². The maximum atomic E-state index is 12.1. The van der Waals surface area contributed by atoms with Crippen LogP contribution in [0.2, 0.25) is 0 Å². The van der Waals surface area contributed by atoms with Crippen LogP contribution in [0.4, 0.5) is 4.79 Å². The highest BCUT2D eigenvalue weighted by atomic mass is 32.2. The molecule has 0 atom stereocenters. The Hall–Kier alpha value is -0.820. The number of urea groups is 1. The van der Waals surface area contributed by atoms with Crippen molar-refractivity contribution in [1.29, 1.82) is 0 Å². The largest absolute Gasteiger partial charge is 0.335 e. The number of hydrogen-bond acceptors (Lipinski definition) is 3. The van der Waals surface area contributed by atoms with Crippen molar-refractivity contribution in [3.8, 4) is 0 Å². The third-order valence-corrected chi connectivity index (χ3v) is 5.82. The van der Waals surface area contributed by atoms with Crippen LogP contribution >= 0.6 is 0 Å². The summed E-state index contributed by atoms with van der Waals surface area (Å²) in [7, 11) is -3.70. The van der Waals surface area contributed by atoms with Crippen LogP contribution in [0.15, 0.2) is 0 Å². The second-order valence-corrected chi connectivity index (χ2v) is 8.30. The van der Waals surface area contributed by atoms with Gasteiger partial charge in [-0.2, -0.15) is 12.7 Å². The first-order chi connectivity index (χ1) is 9.28. The topological polar surface area (TPSA) is 78.5 Å². The van der Waals surface area contributed by atoms with E-state index < -0.39 is 16.2 Å². The van der Waals surface area contributed by atoms with Gasteiger partial charge in [0.15, 0.2) is 0 Å². The number of nitrogens with one attached hydrogen (secondary N) is 2. The molecule has 0 aromatic rings. The fraction of sp³-hybridized carbons (Fsp3) is 0.923. The van der Waals surface area contributed by atoms with Crippen molar-refractivity contribution in [2.75, 3.05) is 13.1 Å². The molecule has 20 heavy (non-hydrogen) atoms. The van der Waals surface area contributed by atoms with Crippen molar-refractivity contribution in [3.63, 3.8) is 0 Å². The molecule has 0 bridgehead atoms. The summed E-state index contributed by atoms with van der Waals surface area (Å²) in [4.78, 5) is 11.8. The van der Waals surface area contributed by atoms with Crippen LogP contribution in [0, 0.1) is 5.41 Å². The third-order valence-electron chi connectivity index (χ3n) is 4.33. The molecule has 0 radical (unpaired) electrons. The molecule has 2 rings (SSSR count). The van der Waals surface area contributed by atoms with E-state index in [4.69, 9.17) is 0 Å². The molecule has 0 aromatic carbocycles. The monoisotopic (exact) mass is 303 g/mol. The van der Waals surface area contributed by atoms with Crippen molar-refractivity contribution in [2.24, 2.45) is 5.41 Å². The van der Waals surface area contributed by atoms with Crippen LogP contribution in [-0.4, -0.2) is 37.9 Å². The van der Waals surface area contributed by atoms with Gasteiger partial charge in [-0.25, -0.2) is 9.52 Å². The lowest BCUT2D eigenvalue weighted by molar-refractivity contribution is 0.194. The molecule has 0 spiro atoms. The van der Waals surface area contributed by atoms with Crippen LogP contribution in [0.3, 0.4) is 0 Å². The van der Waals surface area contributed by atoms with E-state index in [0.29, 0.717) is 13.1 Å². The van der Waals surface area contributed by atoms with Gasteiger partial charge in [0, 0.05) is 19.1 Å². The van der Waals surface area contributed by atoms with Gasteiger partial charge in [-0.05, 0) is 31.1 Å². The normalized spacial score (nSPS) is 24.5. The standard InChI is InChI=1S/C13H25N3O3S/c1-13(2)7-9-16(10-8-13)20(18,19)15-12(17)14-11-5-3-4-6-11/h11H,3-10H2,1-2H3,(H2,14,15,17). The molecule has 6 nitrogen and oxygen atoms in total. The zero-order chi connectivity index (χ0) is 14.8. The van der Waals surface area contributed by atoms with E-state index in [2.05, 4.69) is 23.9 Å². The minimum Gasteiger partial charge on any atom is -0.335 e. The Morgan fingerprint density at radius 1 is 1.15 bits per heavy atom. The molecular formula is C13H25N3O3S. The molecule has 1 saturated carbocycles. The number of carbonyl (C=O) groups excluding carboxylic acids is 1. The second-order valence-electron chi connectivity index (χ2n) is 6.63. The molecule has 1 saturated heterocycles. The number of nitrogens with zero attached hydrogens (tertiary/aromatic N) is 1. The Bertz CT molecular complexity index is 445. The highest BCUT2D eigenvalue weighted by molar-refractivity contribution is 7.87. The van der Waals surface area contributed by atoms with Crippen molar-refractivity contribution >= 4 is 16.2 Å². The lowest BCUT2D eigenvalue weighted by Gasteiger charge is -2.35. The zero-order valence-electron chi connectivity index (χ0n) is 12.3. The average molecular weight is 303 g/mol. The Morgan fingerprint density at radius 2 is 1.70 bits per heavy atom. The lowest BCUT2D eigenvalue weighted by atomic mass is 9.83. The number of piperidine rings is 1. The molecule has 116 valence electrons. The minimum absolute atomic E-state index is 0.116. The first-order valence-electron chi connectivity index (χ1n) is 7.37. The van der Waals surface area contributed by atoms with Gasteiger partial charge in [-0.1, -0.05) is 26.7 Å². The van der Waals surface area contributed by atoms with E-state index in [-0.39, 0.29) is 11.5 Å². The number of rotatable bonds is 3. The van der Waals surface area contributed by atoms with Gasteiger partial charge in [0.2, 0.25) is 0 Å². The first kappa shape index (κ1) is 15.6. The van der Waals surface area contributed by atoms with Crippen LogP contribution in [-0.2, 0) is 10.2 Å². The second kappa shape index (κ2) is 5.89. The van der Waals surface area contributed by atoms with Crippen molar-refractivity contribution in [1.82, 2.24) is 14.3 Å². The van der Waals surface area contributed by atoms with Crippen molar-refractivity contribution < 1.29 is 13.2 Å². The number of carbonyl (C=O) groups is 1. The highest BCUT2D eigenvalue weighted by Gasteiger charge is 2.33. The van der Waals surface area contributed by atoms with Crippen molar-refractivity contribution in [3.05, 3.63) is 0 Å². The van der Waals surface area contributed by atoms with Crippen LogP contribution in [0.25, 0.3) is 0 Å². The Morgan fingerprint density at radius 3 is 2.25 bits per heavy atom. The number of hydrogen-bond donors (Lipinski definition) is 2. The molecule has 1 heterocycles. The summed E-state index contributed by atoms with van der Waals surface area (Å²) in [5.41, 5.74) is 0.179. The summed E-state index contributed by atoms with van der Waals surface area (Å²) >= 11 is 0. The van der Waals surface area contributed by atoms with E-state index in [9.17, 15) is 13.2 Å². The van der Waals surface area contributed by atoms with E-state index in [1.807, 2.05) is 0 Å². The fourth-order valence-corrected chi connectivity index (χ4v) is 3.88. The van der Waals surface area contributed by atoms with Gasteiger partial charge < -0.3 is 5.32 Å². The van der Waals surface area contributed by atoms with Gasteiger partial charge in [-0.15, -0.1) is 0 Å². The SMILES string of the molecule is CC1(C)CCN(S(=O)(=O)NC(=O)NC2CCCC2)CC1. The van der Waals surface area contributed by atoms with E-state index in [0.717, 1.165) is 38.5 Å². The molecule has 1 aliphatic carbocycles. The average Bonchev–Trinajstić information content (AvgIpc) is 2.80. The maximum Gasteiger partial charge on any atom is 0.329 e. The maximum absolute atomic E-state index is 12.1. The molecule has 2 aliphatic rings. The summed E-state index contributed by atoms with van der Waals surface area (Å²) in [6.07, 6.45) is 5.70. The molecule has 7 heteroatoms. The van der Waals surface area contributed by atoms with Gasteiger partial charge in [-0.3, -0.25) is 0 Å². The molecular weight excluding hydrogens is 278 g/mol. The third kappa shape index (κ3) is 4.09. The van der Waals surface area contributed by atoms with Gasteiger partial charge in [0.05, 0.1) is 0 Å². The summed E-state index contributed by atoms with van der Waals surface area (Å²) in [6.45, 7) is 5.21. The van der Waals surface area contributed by atoms with Crippen LogP contribution < -0.4 is 10.0 Å². The Kier molecular flexibility index (Phi) is 4.59. The van der Waals surface area contributed by atoms with E-state index in [1.165, 1.54) is 4.31 Å². The molecule has 1 aliphatic heterocycles. The summed E-state index contributed by atoms with van der Waals surface area (Å²) in [5.74, 6) is 0. The van der Waals surface area contributed by atoms with Gasteiger partial charge >= 0.3 is 16.2 Å². The first-order valence-corrected chi connectivity index (χ1v) is 8.81. The zero-order valence-corrected chi connectivity index (χ0v) is 13.1. The van der Waals surface area contributed by atoms with Crippen LogP contribution in [0.1, 0.15) is 52.4 Å². The minimum atomic E-state index is -3.70. The molecule has 2 amide bonds. The quantitative estimate of drug-likeness (QED) is 0.831.